The summed E-state index contributed by atoms with van der Waals surface area (Å²) in [6.07, 6.45) is -1.14. The summed E-state index contributed by atoms with van der Waals surface area (Å²) in [5, 5.41) is 2.11. The Morgan fingerprint density at radius 3 is 2.08 bits per heavy atom. The van der Waals surface area contributed by atoms with Crippen LogP contribution in [0, 0.1) is 0 Å². The van der Waals surface area contributed by atoms with E-state index in [0.29, 0.717) is 6.42 Å². The number of alkyl carbamates (subject to hydrolysis) is 1. The van der Waals surface area contributed by atoms with Crippen molar-refractivity contribution in [1.82, 2.24) is 5.32 Å². The summed E-state index contributed by atoms with van der Waals surface area (Å²) in [6, 6.07) is 18.6. The van der Waals surface area contributed by atoms with Gasteiger partial charge in [-0.25, -0.2) is 4.79 Å². The zero-order valence-electron chi connectivity index (χ0n) is 14.5. The molecule has 0 aliphatic carbocycles. The molecule has 26 heavy (non-hydrogen) atoms. The SMILES string of the molecule is CC(=O)OC(CCc1ccccc1)C(=O)NC(=O)OCc1ccccc1. The fourth-order valence-electron chi connectivity index (χ4n) is 2.33. The van der Waals surface area contributed by atoms with E-state index in [1.54, 1.807) is 12.1 Å². The van der Waals surface area contributed by atoms with Crippen LogP contribution in [-0.2, 0) is 32.1 Å². The molecule has 2 aromatic carbocycles. The fraction of sp³-hybridized carbons (Fsp3) is 0.250. The van der Waals surface area contributed by atoms with Crippen LogP contribution in [0.4, 0.5) is 4.79 Å². The van der Waals surface area contributed by atoms with Gasteiger partial charge in [-0.2, -0.15) is 0 Å². The molecule has 136 valence electrons. The predicted octanol–water partition coefficient (Wildman–Crippen LogP) is 3.00. The smallest absolute Gasteiger partial charge is 0.414 e. The zero-order chi connectivity index (χ0) is 18.8. The second-order valence-corrected chi connectivity index (χ2v) is 5.67. The zero-order valence-corrected chi connectivity index (χ0v) is 14.5. The number of benzene rings is 2. The molecular weight excluding hydrogens is 334 g/mol. The highest BCUT2D eigenvalue weighted by atomic mass is 16.6. The Bertz CT molecular complexity index is 730. The minimum absolute atomic E-state index is 0.0439. The first-order valence-corrected chi connectivity index (χ1v) is 8.27. The molecule has 2 amide bonds. The normalized spacial score (nSPS) is 11.3. The number of esters is 1. The van der Waals surface area contributed by atoms with Gasteiger partial charge in [0, 0.05) is 6.92 Å². The molecular formula is C20H21NO5. The van der Waals surface area contributed by atoms with E-state index in [1.807, 2.05) is 48.5 Å². The van der Waals surface area contributed by atoms with Crippen molar-refractivity contribution in [2.45, 2.75) is 32.5 Å². The van der Waals surface area contributed by atoms with E-state index in [4.69, 9.17) is 9.47 Å². The molecule has 0 saturated carbocycles. The van der Waals surface area contributed by atoms with Gasteiger partial charge in [0.25, 0.3) is 5.91 Å². The summed E-state index contributed by atoms with van der Waals surface area (Å²) >= 11 is 0. The van der Waals surface area contributed by atoms with Crippen molar-refractivity contribution < 1.29 is 23.9 Å². The Hall–Kier alpha value is -3.15. The maximum atomic E-state index is 12.2. The monoisotopic (exact) mass is 355 g/mol. The van der Waals surface area contributed by atoms with Crippen molar-refractivity contribution in [3.63, 3.8) is 0 Å². The highest BCUT2D eigenvalue weighted by Gasteiger charge is 2.24. The fourth-order valence-corrected chi connectivity index (χ4v) is 2.33. The molecule has 0 radical (unpaired) electrons. The first-order valence-electron chi connectivity index (χ1n) is 8.27. The Morgan fingerprint density at radius 1 is 0.923 bits per heavy atom. The molecule has 0 fully saturated rings. The van der Waals surface area contributed by atoms with Crippen molar-refractivity contribution in [3.8, 4) is 0 Å². The molecule has 0 spiro atoms. The second-order valence-electron chi connectivity index (χ2n) is 5.67. The van der Waals surface area contributed by atoms with Gasteiger partial charge in [0.05, 0.1) is 0 Å². The number of hydrogen-bond donors (Lipinski definition) is 1. The van der Waals surface area contributed by atoms with Crippen LogP contribution in [0.3, 0.4) is 0 Å². The average Bonchev–Trinajstić information content (AvgIpc) is 2.65. The van der Waals surface area contributed by atoms with Gasteiger partial charge in [-0.3, -0.25) is 14.9 Å². The lowest BCUT2D eigenvalue weighted by atomic mass is 10.1. The molecule has 1 atom stereocenters. The van der Waals surface area contributed by atoms with Crippen LogP contribution in [-0.4, -0.2) is 24.1 Å². The summed E-state index contributed by atoms with van der Waals surface area (Å²) in [6.45, 7) is 1.26. The summed E-state index contributed by atoms with van der Waals surface area (Å²) in [5.74, 6) is -1.29. The van der Waals surface area contributed by atoms with Gasteiger partial charge < -0.3 is 9.47 Å². The number of carbonyl (C=O) groups is 3. The quantitative estimate of drug-likeness (QED) is 0.772. The van der Waals surface area contributed by atoms with Gasteiger partial charge in [-0.15, -0.1) is 0 Å². The number of ether oxygens (including phenoxy) is 2. The molecule has 1 unspecified atom stereocenters. The van der Waals surface area contributed by atoms with Crippen LogP contribution >= 0.6 is 0 Å². The summed E-state index contributed by atoms with van der Waals surface area (Å²) < 4.78 is 10.0. The number of amides is 2. The number of nitrogens with one attached hydrogen (secondary N) is 1. The highest BCUT2D eigenvalue weighted by molar-refractivity contribution is 5.95. The lowest BCUT2D eigenvalue weighted by Gasteiger charge is -2.16. The van der Waals surface area contributed by atoms with Crippen molar-refractivity contribution in [3.05, 3.63) is 71.8 Å². The average molecular weight is 355 g/mol. The van der Waals surface area contributed by atoms with Crippen LogP contribution in [0.15, 0.2) is 60.7 Å². The molecule has 0 bridgehead atoms. The van der Waals surface area contributed by atoms with E-state index in [-0.39, 0.29) is 13.0 Å². The lowest BCUT2D eigenvalue weighted by Crippen LogP contribution is -2.41. The Kier molecular flexibility index (Phi) is 7.36. The Morgan fingerprint density at radius 2 is 1.50 bits per heavy atom. The molecule has 1 N–H and O–H groups in total. The van der Waals surface area contributed by atoms with Crippen LogP contribution in [0.25, 0.3) is 0 Å². The van der Waals surface area contributed by atoms with E-state index in [1.165, 1.54) is 6.92 Å². The van der Waals surface area contributed by atoms with Crippen LogP contribution in [0.1, 0.15) is 24.5 Å². The van der Waals surface area contributed by atoms with E-state index < -0.39 is 24.1 Å². The van der Waals surface area contributed by atoms with Crippen molar-refractivity contribution in [2.24, 2.45) is 0 Å². The van der Waals surface area contributed by atoms with Crippen molar-refractivity contribution >= 4 is 18.0 Å². The summed E-state index contributed by atoms with van der Waals surface area (Å²) in [7, 11) is 0. The number of rotatable bonds is 7. The second kappa shape index (κ2) is 9.98. The molecule has 0 saturated heterocycles. The first-order chi connectivity index (χ1) is 12.5. The predicted molar refractivity (Wildman–Crippen MR) is 95.1 cm³/mol. The topological polar surface area (TPSA) is 81.7 Å². The number of hydrogen-bond acceptors (Lipinski definition) is 5. The maximum Gasteiger partial charge on any atom is 0.414 e. The largest absolute Gasteiger partial charge is 0.452 e. The minimum atomic E-state index is -1.06. The van der Waals surface area contributed by atoms with Gasteiger partial charge in [0.15, 0.2) is 6.10 Å². The standard InChI is InChI=1S/C20H21NO5/c1-15(22)26-18(13-12-16-8-4-2-5-9-16)19(23)21-20(24)25-14-17-10-6-3-7-11-17/h2-11,18H,12-14H2,1H3,(H,21,23,24). The van der Waals surface area contributed by atoms with E-state index >= 15 is 0 Å². The third-order valence-electron chi connectivity index (χ3n) is 3.58. The Balaban J connectivity index is 1.86. The van der Waals surface area contributed by atoms with Gasteiger partial charge in [-0.1, -0.05) is 60.7 Å². The molecule has 2 rings (SSSR count). The highest BCUT2D eigenvalue weighted by Crippen LogP contribution is 2.09. The van der Waals surface area contributed by atoms with E-state index in [0.717, 1.165) is 11.1 Å². The van der Waals surface area contributed by atoms with E-state index in [2.05, 4.69) is 5.32 Å². The van der Waals surface area contributed by atoms with Gasteiger partial charge in [-0.05, 0) is 24.0 Å². The molecule has 0 heterocycles. The number of carbonyl (C=O) groups excluding carboxylic acids is 3. The number of aryl methyl sites for hydroxylation is 1. The molecule has 0 aliphatic heterocycles. The number of imide groups is 1. The lowest BCUT2D eigenvalue weighted by molar-refractivity contribution is -0.154. The summed E-state index contributed by atoms with van der Waals surface area (Å²) in [4.78, 5) is 35.3. The van der Waals surface area contributed by atoms with Crippen molar-refractivity contribution in [2.75, 3.05) is 0 Å². The third-order valence-corrected chi connectivity index (χ3v) is 3.58. The minimum Gasteiger partial charge on any atom is -0.452 e. The maximum absolute atomic E-state index is 12.2. The molecule has 6 nitrogen and oxygen atoms in total. The molecule has 6 heteroatoms. The van der Waals surface area contributed by atoms with Crippen LogP contribution in [0.5, 0.6) is 0 Å². The summed E-state index contributed by atoms with van der Waals surface area (Å²) in [5.41, 5.74) is 1.81. The third kappa shape index (κ3) is 6.76. The van der Waals surface area contributed by atoms with E-state index in [9.17, 15) is 14.4 Å². The van der Waals surface area contributed by atoms with Crippen LogP contribution < -0.4 is 5.32 Å². The van der Waals surface area contributed by atoms with Gasteiger partial charge >= 0.3 is 12.1 Å². The molecule has 0 aliphatic rings. The first kappa shape index (κ1) is 19.2. The molecule has 0 aromatic heterocycles. The van der Waals surface area contributed by atoms with Gasteiger partial charge in [0.2, 0.25) is 0 Å². The Labute approximate surface area is 152 Å². The van der Waals surface area contributed by atoms with Crippen molar-refractivity contribution in [1.29, 1.82) is 0 Å². The molecule has 2 aromatic rings. The van der Waals surface area contributed by atoms with Gasteiger partial charge in [0.1, 0.15) is 6.61 Å². The van der Waals surface area contributed by atoms with Crippen LogP contribution in [0.2, 0.25) is 0 Å².